The number of hydrogen-bond acceptors (Lipinski definition) is 7. The summed E-state index contributed by atoms with van der Waals surface area (Å²) in [5, 5.41) is 11.6. The average Bonchev–Trinajstić information content (AvgIpc) is 3.15. The van der Waals surface area contributed by atoms with Gasteiger partial charge in [-0.2, -0.15) is 0 Å². The molecule has 0 spiro atoms. The van der Waals surface area contributed by atoms with E-state index >= 15 is 0 Å². The lowest BCUT2D eigenvalue weighted by Crippen LogP contribution is -2.53. The molecule has 29 heavy (non-hydrogen) atoms. The Balaban J connectivity index is 1.30. The second-order valence-corrected chi connectivity index (χ2v) is 8.22. The number of nitrogens with one attached hydrogen (secondary N) is 1. The van der Waals surface area contributed by atoms with Crippen molar-refractivity contribution in [3.05, 3.63) is 29.5 Å². The van der Waals surface area contributed by atoms with Crippen LogP contribution in [0.5, 0.6) is 0 Å². The van der Waals surface area contributed by atoms with E-state index in [1.165, 1.54) is 0 Å². The van der Waals surface area contributed by atoms with E-state index in [4.69, 9.17) is 0 Å². The summed E-state index contributed by atoms with van der Waals surface area (Å²) in [7, 11) is 0. The molecule has 0 bridgehead atoms. The van der Waals surface area contributed by atoms with Crippen molar-refractivity contribution in [3.63, 3.8) is 0 Å². The van der Waals surface area contributed by atoms with Gasteiger partial charge in [0.2, 0.25) is 5.91 Å². The fourth-order valence-electron chi connectivity index (χ4n) is 4.18. The topological polar surface area (TPSA) is 92.1 Å². The number of nitrogens with zero attached hydrogens (tertiary/aromatic N) is 7. The molecule has 2 aromatic rings. The first kappa shape index (κ1) is 19.8. The number of anilines is 1. The van der Waals surface area contributed by atoms with E-state index in [1.807, 2.05) is 30.9 Å². The zero-order valence-corrected chi connectivity index (χ0v) is 17.5. The molecular weight excluding hydrogens is 368 g/mol. The molecule has 9 nitrogen and oxygen atoms in total. The maximum atomic E-state index is 11.8. The first-order valence-corrected chi connectivity index (χ1v) is 10.5. The van der Waals surface area contributed by atoms with Crippen LogP contribution in [0.15, 0.2) is 12.4 Å². The van der Waals surface area contributed by atoms with Crippen LogP contribution < -0.4 is 10.2 Å². The van der Waals surface area contributed by atoms with E-state index in [-0.39, 0.29) is 11.9 Å². The predicted molar refractivity (Wildman–Crippen MR) is 109 cm³/mol. The molecule has 0 aliphatic carbocycles. The molecule has 2 aromatic heterocycles. The zero-order chi connectivity index (χ0) is 20.4. The number of rotatable bonds is 5. The van der Waals surface area contributed by atoms with E-state index in [2.05, 4.69) is 42.3 Å². The van der Waals surface area contributed by atoms with Crippen molar-refractivity contribution in [2.75, 3.05) is 31.1 Å². The van der Waals surface area contributed by atoms with Gasteiger partial charge in [0.05, 0.1) is 11.7 Å². The van der Waals surface area contributed by atoms with Crippen LogP contribution in [0, 0.1) is 19.8 Å². The molecule has 4 rings (SSSR count). The molecule has 0 radical (unpaired) electrons. The van der Waals surface area contributed by atoms with Crippen molar-refractivity contribution in [2.24, 2.45) is 5.92 Å². The second-order valence-electron chi connectivity index (χ2n) is 8.22. The third kappa shape index (κ3) is 4.55. The molecular formula is C20H30N8O. The molecule has 1 atom stereocenters. The Hall–Kier alpha value is -2.55. The highest BCUT2D eigenvalue weighted by Crippen LogP contribution is 2.25. The number of piperazine rings is 1. The minimum atomic E-state index is -0.118. The SMILES string of the molecule is Cc1ncc(C)c(N2CCC(Cn3cc(CN4CCNC(=O)C4C)nn3)CC2)n1. The van der Waals surface area contributed by atoms with Gasteiger partial charge >= 0.3 is 0 Å². The summed E-state index contributed by atoms with van der Waals surface area (Å²) in [6.07, 6.45) is 6.17. The number of carbonyl (C=O) groups excluding carboxylic acids is 1. The van der Waals surface area contributed by atoms with Crippen LogP contribution in [0.25, 0.3) is 0 Å². The van der Waals surface area contributed by atoms with Gasteiger partial charge in [-0.1, -0.05) is 5.21 Å². The molecule has 1 unspecified atom stereocenters. The van der Waals surface area contributed by atoms with Gasteiger partial charge in [-0.15, -0.1) is 5.10 Å². The van der Waals surface area contributed by atoms with E-state index in [0.717, 1.165) is 61.9 Å². The Kier molecular flexibility index (Phi) is 5.75. The Bertz CT molecular complexity index is 858. The summed E-state index contributed by atoms with van der Waals surface area (Å²) >= 11 is 0. The number of carbonyl (C=O) groups is 1. The predicted octanol–water partition coefficient (Wildman–Crippen LogP) is 0.922. The number of aryl methyl sites for hydroxylation is 2. The van der Waals surface area contributed by atoms with Crippen LogP contribution in [0.2, 0.25) is 0 Å². The highest BCUT2D eigenvalue weighted by Gasteiger charge is 2.26. The molecule has 2 fully saturated rings. The van der Waals surface area contributed by atoms with Crippen LogP contribution in [-0.2, 0) is 17.9 Å². The fourth-order valence-corrected chi connectivity index (χ4v) is 4.18. The largest absolute Gasteiger partial charge is 0.356 e. The molecule has 2 aliphatic rings. The van der Waals surface area contributed by atoms with Crippen molar-refractivity contribution >= 4 is 11.7 Å². The molecule has 4 heterocycles. The van der Waals surface area contributed by atoms with Gasteiger partial charge in [-0.3, -0.25) is 14.4 Å². The van der Waals surface area contributed by atoms with Crippen LogP contribution in [0.1, 0.15) is 36.8 Å². The monoisotopic (exact) mass is 398 g/mol. The molecule has 2 saturated heterocycles. The van der Waals surface area contributed by atoms with E-state index < -0.39 is 0 Å². The van der Waals surface area contributed by atoms with Gasteiger partial charge in [0.1, 0.15) is 11.6 Å². The third-order valence-electron chi connectivity index (χ3n) is 6.00. The average molecular weight is 399 g/mol. The van der Waals surface area contributed by atoms with Crippen molar-refractivity contribution in [1.82, 2.24) is 35.2 Å². The molecule has 156 valence electrons. The number of hydrogen-bond donors (Lipinski definition) is 1. The van der Waals surface area contributed by atoms with Crippen LogP contribution >= 0.6 is 0 Å². The van der Waals surface area contributed by atoms with Crippen LogP contribution in [0.3, 0.4) is 0 Å². The van der Waals surface area contributed by atoms with Crippen LogP contribution in [0.4, 0.5) is 5.82 Å². The second kappa shape index (κ2) is 8.44. The van der Waals surface area contributed by atoms with Gasteiger partial charge in [0, 0.05) is 57.2 Å². The maximum Gasteiger partial charge on any atom is 0.237 e. The van der Waals surface area contributed by atoms with Gasteiger partial charge in [0.15, 0.2) is 0 Å². The Labute approximate surface area is 171 Å². The summed E-state index contributed by atoms with van der Waals surface area (Å²) in [4.78, 5) is 25.3. The van der Waals surface area contributed by atoms with Crippen molar-refractivity contribution in [1.29, 1.82) is 0 Å². The molecule has 9 heteroatoms. The lowest BCUT2D eigenvalue weighted by atomic mass is 9.96. The molecule has 0 aromatic carbocycles. The lowest BCUT2D eigenvalue weighted by Gasteiger charge is -2.33. The normalized spacial score (nSPS) is 21.4. The van der Waals surface area contributed by atoms with Crippen molar-refractivity contribution in [2.45, 2.75) is 52.7 Å². The zero-order valence-electron chi connectivity index (χ0n) is 17.5. The fraction of sp³-hybridized carbons (Fsp3) is 0.650. The van der Waals surface area contributed by atoms with Crippen molar-refractivity contribution < 1.29 is 4.79 Å². The van der Waals surface area contributed by atoms with Gasteiger partial charge in [0.25, 0.3) is 0 Å². The first-order valence-electron chi connectivity index (χ1n) is 10.5. The van der Waals surface area contributed by atoms with Crippen molar-refractivity contribution in [3.8, 4) is 0 Å². The van der Waals surface area contributed by atoms with E-state index in [0.29, 0.717) is 19.0 Å². The van der Waals surface area contributed by atoms with Gasteiger partial charge in [-0.25, -0.2) is 9.97 Å². The summed E-state index contributed by atoms with van der Waals surface area (Å²) in [5.41, 5.74) is 2.06. The minimum Gasteiger partial charge on any atom is -0.356 e. The third-order valence-corrected chi connectivity index (χ3v) is 6.00. The van der Waals surface area contributed by atoms with Gasteiger partial charge < -0.3 is 10.2 Å². The maximum absolute atomic E-state index is 11.8. The smallest absolute Gasteiger partial charge is 0.237 e. The Morgan fingerprint density at radius 3 is 2.79 bits per heavy atom. The molecule has 1 N–H and O–H groups in total. The highest BCUT2D eigenvalue weighted by atomic mass is 16.2. The first-order chi connectivity index (χ1) is 14.0. The quantitative estimate of drug-likeness (QED) is 0.801. The standard InChI is InChI=1S/C20H30N8O/c1-14-10-22-16(3)23-19(14)26-7-4-17(5-8-26)11-28-13-18(24-25-28)12-27-9-6-21-20(29)15(27)2/h10,13,15,17H,4-9,11-12H2,1-3H3,(H,21,29). The summed E-state index contributed by atoms with van der Waals surface area (Å²) < 4.78 is 1.96. The van der Waals surface area contributed by atoms with Gasteiger partial charge in [-0.05, 0) is 39.5 Å². The lowest BCUT2D eigenvalue weighted by molar-refractivity contribution is -0.128. The molecule has 0 saturated carbocycles. The number of piperidine rings is 1. The summed E-state index contributed by atoms with van der Waals surface area (Å²) in [6.45, 7) is 11.1. The van der Waals surface area contributed by atoms with E-state index in [9.17, 15) is 4.79 Å². The number of amides is 1. The summed E-state index contributed by atoms with van der Waals surface area (Å²) in [6, 6.07) is -0.118. The molecule has 2 aliphatic heterocycles. The number of aromatic nitrogens is 5. The Morgan fingerprint density at radius 2 is 2.00 bits per heavy atom. The minimum absolute atomic E-state index is 0.0875. The van der Waals surface area contributed by atoms with Crippen LogP contribution in [-0.4, -0.2) is 68.0 Å². The Morgan fingerprint density at radius 1 is 1.21 bits per heavy atom. The molecule has 1 amide bonds. The van der Waals surface area contributed by atoms with E-state index in [1.54, 1.807) is 0 Å². The summed E-state index contributed by atoms with van der Waals surface area (Å²) in [5.74, 6) is 2.57. The highest BCUT2D eigenvalue weighted by molar-refractivity contribution is 5.81.